The van der Waals surface area contributed by atoms with Crippen LogP contribution in [0.1, 0.15) is 45.2 Å². The van der Waals surface area contributed by atoms with Gasteiger partial charge in [0.2, 0.25) is 0 Å². The maximum atomic E-state index is 11.7. The van der Waals surface area contributed by atoms with Gasteiger partial charge < -0.3 is 9.47 Å². The second-order valence-electron chi connectivity index (χ2n) is 5.77. The van der Waals surface area contributed by atoms with Crippen LogP contribution in [0.4, 0.5) is 0 Å². The standard InChI is InChI=1S/C18H21NO3S/c1-5-9-23-10-8-15-11-14(12-19)6-7-16(15)21-13-17(20)22-18(2,3)4/h6-7,11H,5,9,13H2,1-4H3. The number of ether oxygens (including phenoxy) is 2. The van der Waals surface area contributed by atoms with E-state index in [9.17, 15) is 4.79 Å². The first-order valence-electron chi connectivity index (χ1n) is 7.37. The van der Waals surface area contributed by atoms with E-state index < -0.39 is 11.6 Å². The first-order chi connectivity index (χ1) is 10.9. The normalized spacial score (nSPS) is 10.2. The molecule has 0 aliphatic rings. The molecule has 0 heterocycles. The average Bonchev–Trinajstić information content (AvgIpc) is 2.48. The fourth-order valence-corrected chi connectivity index (χ4v) is 2.06. The van der Waals surface area contributed by atoms with Crippen molar-refractivity contribution in [3.05, 3.63) is 29.3 Å². The van der Waals surface area contributed by atoms with E-state index in [1.807, 2.05) is 0 Å². The molecule has 0 aliphatic carbocycles. The highest BCUT2D eigenvalue weighted by Crippen LogP contribution is 2.20. The summed E-state index contributed by atoms with van der Waals surface area (Å²) in [5, 5.41) is 12.0. The van der Waals surface area contributed by atoms with E-state index in [4.69, 9.17) is 14.7 Å². The van der Waals surface area contributed by atoms with Crippen molar-refractivity contribution in [1.29, 1.82) is 5.26 Å². The van der Waals surface area contributed by atoms with Gasteiger partial charge in [-0.15, -0.1) is 0 Å². The summed E-state index contributed by atoms with van der Waals surface area (Å²) < 4.78 is 10.7. The highest BCUT2D eigenvalue weighted by Gasteiger charge is 2.17. The second kappa shape index (κ2) is 9.12. The van der Waals surface area contributed by atoms with Crippen molar-refractivity contribution in [2.24, 2.45) is 0 Å². The summed E-state index contributed by atoms with van der Waals surface area (Å²) in [6, 6.07) is 7.01. The van der Waals surface area contributed by atoms with E-state index in [2.05, 4.69) is 24.2 Å². The van der Waals surface area contributed by atoms with Crippen LogP contribution in [0.25, 0.3) is 0 Å². The van der Waals surface area contributed by atoms with Crippen molar-refractivity contribution in [2.45, 2.75) is 39.7 Å². The molecule has 1 aromatic carbocycles. The van der Waals surface area contributed by atoms with Gasteiger partial charge in [-0.25, -0.2) is 4.79 Å². The summed E-state index contributed by atoms with van der Waals surface area (Å²) in [4.78, 5) is 11.7. The topological polar surface area (TPSA) is 59.3 Å². The molecule has 0 amide bonds. The number of nitrogens with zero attached hydrogens (tertiary/aromatic N) is 1. The molecule has 0 radical (unpaired) electrons. The molecule has 0 bridgehead atoms. The van der Waals surface area contributed by atoms with Crippen LogP contribution in [-0.2, 0) is 9.53 Å². The molecule has 23 heavy (non-hydrogen) atoms. The van der Waals surface area contributed by atoms with Crippen molar-refractivity contribution in [3.63, 3.8) is 0 Å². The van der Waals surface area contributed by atoms with Gasteiger partial charge in [0.05, 0.1) is 17.2 Å². The van der Waals surface area contributed by atoms with E-state index >= 15 is 0 Å². The largest absolute Gasteiger partial charge is 0.481 e. The zero-order chi connectivity index (χ0) is 17.3. The van der Waals surface area contributed by atoms with E-state index in [1.54, 1.807) is 39.0 Å². The lowest BCUT2D eigenvalue weighted by molar-refractivity contribution is -0.157. The van der Waals surface area contributed by atoms with Crippen LogP contribution in [0.3, 0.4) is 0 Å². The van der Waals surface area contributed by atoms with Crippen LogP contribution in [0.2, 0.25) is 0 Å². The summed E-state index contributed by atoms with van der Waals surface area (Å²) >= 11 is 1.51. The molecule has 0 atom stereocenters. The van der Waals surface area contributed by atoms with Crippen LogP contribution in [0.5, 0.6) is 5.75 Å². The fourth-order valence-electron chi connectivity index (χ4n) is 1.57. The molecule has 4 nitrogen and oxygen atoms in total. The Morgan fingerprint density at radius 3 is 2.70 bits per heavy atom. The van der Waals surface area contributed by atoms with Crippen LogP contribution < -0.4 is 4.74 Å². The molecule has 5 heteroatoms. The Bertz CT molecular complexity index is 645. The van der Waals surface area contributed by atoms with Gasteiger partial charge >= 0.3 is 5.97 Å². The molecular weight excluding hydrogens is 310 g/mol. The minimum absolute atomic E-state index is 0.194. The van der Waals surface area contributed by atoms with Crippen molar-refractivity contribution in [1.82, 2.24) is 0 Å². The summed E-state index contributed by atoms with van der Waals surface area (Å²) in [6.45, 7) is 7.29. The second-order valence-corrected chi connectivity index (χ2v) is 6.67. The fraction of sp³-hybridized carbons (Fsp3) is 0.444. The third-order valence-electron chi connectivity index (χ3n) is 2.44. The zero-order valence-electron chi connectivity index (χ0n) is 13.9. The third kappa shape index (κ3) is 7.63. The molecule has 1 aromatic rings. The lowest BCUT2D eigenvalue weighted by Crippen LogP contribution is -2.27. The number of hydrogen-bond acceptors (Lipinski definition) is 5. The van der Waals surface area contributed by atoms with Gasteiger partial charge in [0, 0.05) is 5.75 Å². The van der Waals surface area contributed by atoms with Gasteiger partial charge in [0.1, 0.15) is 11.4 Å². The minimum atomic E-state index is -0.551. The smallest absolute Gasteiger partial charge is 0.344 e. The molecule has 0 aromatic heterocycles. The third-order valence-corrected chi connectivity index (χ3v) is 3.30. The number of thioether (sulfide) groups is 1. The highest BCUT2D eigenvalue weighted by atomic mass is 32.2. The van der Waals surface area contributed by atoms with Gasteiger partial charge in [-0.2, -0.15) is 5.26 Å². The molecule has 122 valence electrons. The molecule has 0 saturated heterocycles. The summed E-state index contributed by atoms with van der Waals surface area (Å²) in [6.07, 6.45) is 1.04. The Morgan fingerprint density at radius 1 is 1.35 bits per heavy atom. The number of hydrogen-bond donors (Lipinski definition) is 0. The predicted molar refractivity (Wildman–Crippen MR) is 92.1 cm³/mol. The summed E-state index contributed by atoms with van der Waals surface area (Å²) in [5.41, 5.74) is 0.542. The van der Waals surface area contributed by atoms with Gasteiger partial charge in [-0.05, 0) is 50.6 Å². The monoisotopic (exact) mass is 331 g/mol. The first kappa shape index (κ1) is 18.9. The predicted octanol–water partition coefficient (Wildman–Crippen LogP) is 3.73. The minimum Gasteiger partial charge on any atom is -0.481 e. The number of benzene rings is 1. The SMILES string of the molecule is CCCSC#Cc1cc(C#N)ccc1OCC(=O)OC(C)(C)C. The molecule has 0 aliphatic heterocycles. The number of carbonyl (C=O) groups excluding carboxylic acids is 1. The van der Waals surface area contributed by atoms with Gasteiger partial charge in [-0.3, -0.25) is 0 Å². The molecule has 0 saturated carbocycles. The molecular formula is C18H21NO3S. The van der Waals surface area contributed by atoms with E-state index in [1.165, 1.54) is 11.8 Å². The molecule has 1 rings (SSSR count). The van der Waals surface area contributed by atoms with Crippen molar-refractivity contribution < 1.29 is 14.3 Å². The Labute approximate surface area is 142 Å². The maximum absolute atomic E-state index is 11.7. The average molecular weight is 331 g/mol. The molecule has 0 unspecified atom stereocenters. The molecule has 0 fully saturated rings. The quantitative estimate of drug-likeness (QED) is 0.467. The van der Waals surface area contributed by atoms with Crippen molar-refractivity contribution in [3.8, 4) is 23.0 Å². The van der Waals surface area contributed by atoms with Crippen LogP contribution in [-0.4, -0.2) is 23.9 Å². The van der Waals surface area contributed by atoms with Gasteiger partial charge in [0.15, 0.2) is 6.61 Å². The Hall–Kier alpha value is -2.11. The molecule has 0 N–H and O–H groups in total. The number of rotatable bonds is 5. The molecule has 0 spiro atoms. The number of nitriles is 1. The van der Waals surface area contributed by atoms with E-state index in [0.29, 0.717) is 16.9 Å². The van der Waals surface area contributed by atoms with Crippen molar-refractivity contribution >= 4 is 17.7 Å². The van der Waals surface area contributed by atoms with Crippen molar-refractivity contribution in [2.75, 3.05) is 12.4 Å². The first-order valence-corrected chi connectivity index (χ1v) is 8.36. The lowest BCUT2D eigenvalue weighted by Gasteiger charge is -2.19. The lowest BCUT2D eigenvalue weighted by atomic mass is 10.1. The number of esters is 1. The van der Waals surface area contributed by atoms with Gasteiger partial charge in [-0.1, -0.05) is 24.6 Å². The van der Waals surface area contributed by atoms with Gasteiger partial charge in [0.25, 0.3) is 0 Å². The van der Waals surface area contributed by atoms with Crippen LogP contribution >= 0.6 is 11.8 Å². The van der Waals surface area contributed by atoms with Crippen LogP contribution in [0, 0.1) is 22.5 Å². The van der Waals surface area contributed by atoms with Crippen LogP contribution in [0.15, 0.2) is 18.2 Å². The Morgan fingerprint density at radius 2 is 2.09 bits per heavy atom. The number of carbonyl (C=O) groups is 1. The highest BCUT2D eigenvalue weighted by molar-refractivity contribution is 8.03. The summed E-state index contributed by atoms with van der Waals surface area (Å²) in [5.74, 6) is 3.95. The maximum Gasteiger partial charge on any atom is 0.344 e. The summed E-state index contributed by atoms with van der Waals surface area (Å²) in [7, 11) is 0. The Balaban J connectivity index is 2.82. The Kier molecular flexibility index (Phi) is 7.51. The van der Waals surface area contributed by atoms with E-state index in [0.717, 1.165) is 12.2 Å². The van der Waals surface area contributed by atoms with E-state index in [-0.39, 0.29) is 6.61 Å². The zero-order valence-corrected chi connectivity index (χ0v) is 14.8.